The Balaban J connectivity index is 4.27. The molecule has 0 saturated heterocycles. The van der Waals surface area contributed by atoms with Crippen LogP contribution in [0.1, 0.15) is 26.7 Å². The fourth-order valence-corrected chi connectivity index (χ4v) is 2.72. The summed E-state index contributed by atoms with van der Waals surface area (Å²) in [5.74, 6) is 0. The fourth-order valence-electron chi connectivity index (χ4n) is 1.25. The Kier molecular flexibility index (Phi) is 3.95. The van der Waals surface area contributed by atoms with Crippen LogP contribution in [0.2, 0.25) is 19.6 Å². The zero-order chi connectivity index (χ0) is 9.83. The highest BCUT2D eigenvalue weighted by Gasteiger charge is 2.35. The third-order valence-corrected chi connectivity index (χ3v) is 2.53. The fraction of sp³-hybridized carbons (Fsp3) is 0.889. The van der Waals surface area contributed by atoms with Gasteiger partial charge in [0.25, 0.3) is 0 Å². The van der Waals surface area contributed by atoms with Crippen molar-refractivity contribution in [3.05, 3.63) is 11.4 Å². The maximum atomic E-state index is 7.06. The lowest BCUT2D eigenvalue weighted by Crippen LogP contribution is -2.38. The van der Waals surface area contributed by atoms with E-state index in [0.29, 0.717) is 0 Å². The molecular weight excluding hydrogens is 166 g/mol. The topological polar surface area (TPSA) is 13.6 Å². The first-order chi connectivity index (χ1) is 5.33. The van der Waals surface area contributed by atoms with Crippen molar-refractivity contribution in [3.63, 3.8) is 0 Å². The van der Waals surface area contributed by atoms with Crippen molar-refractivity contribution in [1.82, 2.24) is 0 Å². The van der Waals surface area contributed by atoms with Gasteiger partial charge in [0, 0.05) is 6.92 Å². The monoisotopic (exact) mass is 185 g/mol. The third-order valence-electron chi connectivity index (χ3n) is 1.48. The lowest BCUT2D eigenvalue weighted by molar-refractivity contribution is 0.118. The van der Waals surface area contributed by atoms with Gasteiger partial charge in [-0.15, -0.1) is 0 Å². The van der Waals surface area contributed by atoms with Crippen LogP contribution in [0, 0.1) is 6.57 Å². The highest BCUT2D eigenvalue weighted by Crippen LogP contribution is 2.24. The molecule has 12 heavy (non-hydrogen) atoms. The van der Waals surface area contributed by atoms with Crippen molar-refractivity contribution in [2.75, 3.05) is 0 Å². The van der Waals surface area contributed by atoms with Crippen molar-refractivity contribution < 1.29 is 4.43 Å². The van der Waals surface area contributed by atoms with Gasteiger partial charge in [-0.25, -0.2) is 6.57 Å². The van der Waals surface area contributed by atoms with Gasteiger partial charge in [-0.2, -0.15) is 0 Å². The standard InChI is InChI=1S/C9H19NOSi/c1-7-8-9(2,10-3)11-12(4,5)6/h7-8H2,1-2,4-6H3. The molecular formula is C9H19NOSi. The van der Waals surface area contributed by atoms with E-state index < -0.39 is 14.0 Å². The Bertz CT molecular complexity index is 180. The lowest BCUT2D eigenvalue weighted by atomic mass is 10.1. The summed E-state index contributed by atoms with van der Waals surface area (Å²) in [6, 6.07) is 0. The van der Waals surface area contributed by atoms with Crippen molar-refractivity contribution >= 4 is 8.32 Å². The Hall–Kier alpha value is -0.333. The summed E-state index contributed by atoms with van der Waals surface area (Å²) in [6.45, 7) is 17.4. The van der Waals surface area contributed by atoms with Crippen LogP contribution in [0.25, 0.3) is 4.85 Å². The van der Waals surface area contributed by atoms with Crippen LogP contribution in [-0.2, 0) is 4.43 Å². The minimum Gasteiger partial charge on any atom is -0.351 e. The van der Waals surface area contributed by atoms with Crippen molar-refractivity contribution in [2.45, 2.75) is 52.1 Å². The minimum atomic E-state index is -1.56. The average Bonchev–Trinajstić information content (AvgIpc) is 1.84. The molecule has 0 amide bonds. The van der Waals surface area contributed by atoms with Crippen LogP contribution in [0.3, 0.4) is 0 Å². The molecule has 1 unspecified atom stereocenters. The molecule has 0 fully saturated rings. The van der Waals surface area contributed by atoms with Crippen LogP contribution in [0.5, 0.6) is 0 Å². The van der Waals surface area contributed by atoms with E-state index in [4.69, 9.17) is 11.0 Å². The van der Waals surface area contributed by atoms with Crippen molar-refractivity contribution in [3.8, 4) is 0 Å². The average molecular weight is 185 g/mol. The van der Waals surface area contributed by atoms with Crippen molar-refractivity contribution in [2.24, 2.45) is 0 Å². The van der Waals surface area contributed by atoms with E-state index in [9.17, 15) is 0 Å². The van der Waals surface area contributed by atoms with Crippen LogP contribution in [0.4, 0.5) is 0 Å². The number of rotatable bonds is 4. The summed E-state index contributed by atoms with van der Waals surface area (Å²) in [7, 11) is -1.56. The SMILES string of the molecule is [C-]#[N+]C(C)(CCC)O[Si](C)(C)C. The van der Waals surface area contributed by atoms with Crippen LogP contribution in [-0.4, -0.2) is 14.0 Å². The summed E-state index contributed by atoms with van der Waals surface area (Å²) in [4.78, 5) is 3.56. The van der Waals surface area contributed by atoms with Crippen LogP contribution >= 0.6 is 0 Å². The molecule has 0 rings (SSSR count). The zero-order valence-corrected chi connectivity index (χ0v) is 9.77. The lowest BCUT2D eigenvalue weighted by Gasteiger charge is -2.25. The summed E-state index contributed by atoms with van der Waals surface area (Å²) < 4.78 is 5.80. The van der Waals surface area contributed by atoms with E-state index in [1.54, 1.807) is 0 Å². The normalized spacial score (nSPS) is 16.7. The minimum absolute atomic E-state index is 0.570. The molecule has 0 spiro atoms. The first kappa shape index (κ1) is 11.7. The predicted octanol–water partition coefficient (Wildman–Crippen LogP) is 3.27. The van der Waals surface area contributed by atoms with E-state index >= 15 is 0 Å². The summed E-state index contributed by atoms with van der Waals surface area (Å²) in [6.07, 6.45) is 1.84. The van der Waals surface area contributed by atoms with Gasteiger partial charge >= 0.3 is 5.72 Å². The second kappa shape index (κ2) is 4.06. The molecule has 0 aromatic carbocycles. The van der Waals surface area contributed by atoms with Crippen LogP contribution in [0.15, 0.2) is 0 Å². The molecule has 0 aliphatic rings. The smallest absolute Gasteiger partial charge is 0.325 e. The van der Waals surface area contributed by atoms with E-state index in [1.807, 2.05) is 6.92 Å². The number of hydrogen-bond donors (Lipinski definition) is 0. The highest BCUT2D eigenvalue weighted by molar-refractivity contribution is 6.69. The first-order valence-corrected chi connectivity index (χ1v) is 7.82. The van der Waals surface area contributed by atoms with E-state index in [0.717, 1.165) is 12.8 Å². The van der Waals surface area contributed by atoms with Gasteiger partial charge in [0.2, 0.25) is 0 Å². The largest absolute Gasteiger partial charge is 0.351 e. The Morgan fingerprint density at radius 3 is 2.17 bits per heavy atom. The molecule has 70 valence electrons. The quantitative estimate of drug-likeness (QED) is 0.484. The van der Waals surface area contributed by atoms with Gasteiger partial charge in [-0.05, 0) is 26.1 Å². The van der Waals surface area contributed by atoms with Gasteiger partial charge < -0.3 is 4.43 Å². The van der Waals surface area contributed by atoms with E-state index in [2.05, 4.69) is 31.4 Å². The van der Waals surface area contributed by atoms with Gasteiger partial charge in [0.05, 0.1) is 6.42 Å². The second-order valence-corrected chi connectivity index (χ2v) is 8.68. The molecule has 0 aliphatic carbocycles. The highest BCUT2D eigenvalue weighted by atomic mass is 28.4. The van der Waals surface area contributed by atoms with Gasteiger partial charge in [0.1, 0.15) is 0 Å². The summed E-state index contributed by atoms with van der Waals surface area (Å²) in [5.41, 5.74) is -0.570. The molecule has 0 N–H and O–H groups in total. The number of hydrogen-bond acceptors (Lipinski definition) is 1. The zero-order valence-electron chi connectivity index (χ0n) is 8.77. The Labute approximate surface area is 76.9 Å². The Morgan fingerprint density at radius 1 is 1.42 bits per heavy atom. The molecule has 0 radical (unpaired) electrons. The van der Waals surface area contributed by atoms with Crippen molar-refractivity contribution in [1.29, 1.82) is 0 Å². The number of nitrogens with zero attached hydrogens (tertiary/aromatic N) is 1. The van der Waals surface area contributed by atoms with Gasteiger partial charge in [-0.1, -0.05) is 6.92 Å². The molecule has 0 aromatic rings. The van der Waals surface area contributed by atoms with Crippen LogP contribution < -0.4 is 0 Å². The summed E-state index contributed by atoms with van der Waals surface area (Å²) >= 11 is 0. The second-order valence-electron chi connectivity index (χ2n) is 4.25. The molecule has 0 saturated carbocycles. The maximum absolute atomic E-state index is 7.06. The van der Waals surface area contributed by atoms with Gasteiger partial charge in [-0.3, -0.25) is 4.85 Å². The molecule has 1 atom stereocenters. The molecule has 3 heteroatoms. The van der Waals surface area contributed by atoms with E-state index in [1.165, 1.54) is 0 Å². The molecule has 0 aromatic heterocycles. The third kappa shape index (κ3) is 4.53. The molecule has 2 nitrogen and oxygen atoms in total. The molecule has 0 bridgehead atoms. The van der Waals surface area contributed by atoms with Gasteiger partial charge in [0.15, 0.2) is 8.32 Å². The Morgan fingerprint density at radius 2 is 1.92 bits per heavy atom. The van der Waals surface area contributed by atoms with E-state index in [-0.39, 0.29) is 0 Å². The molecule has 0 heterocycles. The maximum Gasteiger partial charge on any atom is 0.325 e. The predicted molar refractivity (Wildman–Crippen MR) is 54.3 cm³/mol. The first-order valence-electron chi connectivity index (χ1n) is 4.42. The molecule has 0 aliphatic heterocycles. The summed E-state index contributed by atoms with van der Waals surface area (Å²) in [5, 5.41) is 0.